The Hall–Kier alpha value is -0.0100. The van der Waals surface area contributed by atoms with Crippen molar-refractivity contribution in [1.29, 1.82) is 0 Å². The highest BCUT2D eigenvalue weighted by Crippen LogP contribution is 2.31. The summed E-state index contributed by atoms with van der Waals surface area (Å²) in [6.07, 6.45) is 1.45. The maximum absolute atomic E-state index is 12.0. The lowest BCUT2D eigenvalue weighted by Crippen LogP contribution is -2.29. The van der Waals surface area contributed by atoms with Gasteiger partial charge in [-0.2, -0.15) is 13.2 Å². The molecule has 0 saturated heterocycles. The fourth-order valence-electron chi connectivity index (χ4n) is 1.67. The molecule has 0 amide bonds. The molecular weight excluding hydrogens is 255 g/mol. The molecule has 92 valence electrons. The van der Waals surface area contributed by atoms with Gasteiger partial charge in [0.15, 0.2) is 0 Å². The summed E-state index contributed by atoms with van der Waals surface area (Å²) in [5, 5.41) is 0. The van der Waals surface area contributed by atoms with Gasteiger partial charge in [0, 0.05) is 6.04 Å². The van der Waals surface area contributed by atoms with Crippen LogP contribution >= 0.6 is 12.4 Å². The second-order valence-electron chi connectivity index (χ2n) is 3.67. The minimum absolute atomic E-state index is 0. The second-order valence-corrected chi connectivity index (χ2v) is 5.69. The van der Waals surface area contributed by atoms with E-state index in [9.17, 15) is 21.6 Å². The van der Waals surface area contributed by atoms with E-state index in [1.807, 2.05) is 0 Å². The van der Waals surface area contributed by atoms with Crippen molar-refractivity contribution in [3.05, 3.63) is 0 Å². The molecule has 3 nitrogen and oxygen atoms in total. The van der Waals surface area contributed by atoms with Crippen molar-refractivity contribution in [3.63, 3.8) is 0 Å². The first kappa shape index (κ1) is 15.0. The molecule has 0 spiro atoms. The molecular formula is C7H13ClF3NO2S. The van der Waals surface area contributed by atoms with E-state index in [2.05, 4.69) is 0 Å². The molecule has 1 saturated carbocycles. The average Bonchev–Trinajstić information content (AvgIpc) is 2.31. The summed E-state index contributed by atoms with van der Waals surface area (Å²) in [6, 6.07) is -0.150. The average molecular weight is 268 g/mol. The molecule has 0 aromatic carbocycles. The summed E-state index contributed by atoms with van der Waals surface area (Å²) < 4.78 is 57.4. The van der Waals surface area contributed by atoms with Crippen LogP contribution in [0.25, 0.3) is 0 Å². The SMILES string of the molecule is Cl.N[C@@H]1CC[C@H](CS(=O)(=O)C(F)(F)F)C1. The molecule has 0 aromatic heterocycles. The van der Waals surface area contributed by atoms with Crippen LogP contribution in [0.15, 0.2) is 0 Å². The van der Waals surface area contributed by atoms with Gasteiger partial charge < -0.3 is 5.73 Å². The Bertz CT molecular complexity index is 304. The molecule has 1 fully saturated rings. The third-order valence-electron chi connectivity index (χ3n) is 2.39. The zero-order valence-corrected chi connectivity index (χ0v) is 9.46. The van der Waals surface area contributed by atoms with Crippen molar-refractivity contribution in [3.8, 4) is 0 Å². The maximum Gasteiger partial charge on any atom is 0.497 e. The zero-order chi connectivity index (χ0) is 11.0. The smallest absolute Gasteiger partial charge is 0.328 e. The zero-order valence-electron chi connectivity index (χ0n) is 7.83. The Labute approximate surface area is 92.5 Å². The van der Waals surface area contributed by atoms with E-state index in [0.29, 0.717) is 19.3 Å². The van der Waals surface area contributed by atoms with Gasteiger partial charge in [-0.25, -0.2) is 8.42 Å². The Morgan fingerprint density at radius 1 is 1.27 bits per heavy atom. The number of rotatable bonds is 2. The summed E-state index contributed by atoms with van der Waals surface area (Å²) >= 11 is 0. The minimum Gasteiger partial charge on any atom is -0.328 e. The topological polar surface area (TPSA) is 60.2 Å². The Kier molecular flexibility index (Phi) is 4.88. The lowest BCUT2D eigenvalue weighted by Gasteiger charge is -2.12. The summed E-state index contributed by atoms with van der Waals surface area (Å²) in [5.41, 5.74) is 0.352. The van der Waals surface area contributed by atoms with E-state index in [-0.39, 0.29) is 18.4 Å². The fourth-order valence-corrected chi connectivity index (χ4v) is 2.78. The van der Waals surface area contributed by atoms with E-state index in [1.165, 1.54) is 0 Å². The first-order chi connectivity index (χ1) is 6.22. The summed E-state index contributed by atoms with van der Waals surface area (Å²) in [5.74, 6) is -1.25. The first-order valence-corrected chi connectivity index (χ1v) is 5.92. The molecule has 0 aromatic rings. The van der Waals surface area contributed by atoms with E-state index in [4.69, 9.17) is 5.73 Å². The quantitative estimate of drug-likeness (QED) is 0.824. The van der Waals surface area contributed by atoms with Crippen LogP contribution in [-0.2, 0) is 9.84 Å². The number of halogens is 4. The van der Waals surface area contributed by atoms with E-state index >= 15 is 0 Å². The third kappa shape index (κ3) is 3.81. The van der Waals surface area contributed by atoms with Crippen molar-refractivity contribution in [1.82, 2.24) is 0 Å². The molecule has 0 aliphatic heterocycles. The number of sulfone groups is 1. The van der Waals surface area contributed by atoms with E-state index in [0.717, 1.165) is 0 Å². The molecule has 8 heteroatoms. The minimum atomic E-state index is -5.13. The summed E-state index contributed by atoms with van der Waals surface area (Å²) in [7, 11) is -4.96. The molecule has 1 rings (SSSR count). The maximum atomic E-state index is 12.0. The van der Waals surface area contributed by atoms with Gasteiger partial charge in [0.1, 0.15) is 0 Å². The van der Waals surface area contributed by atoms with E-state index in [1.54, 1.807) is 0 Å². The van der Waals surface area contributed by atoms with Crippen LogP contribution in [0.5, 0.6) is 0 Å². The lowest BCUT2D eigenvalue weighted by atomic mass is 10.1. The second kappa shape index (κ2) is 4.88. The predicted octanol–water partition coefficient (Wildman–Crippen LogP) is 1.47. The van der Waals surface area contributed by atoms with Crippen molar-refractivity contribution in [2.75, 3.05) is 5.75 Å². The van der Waals surface area contributed by atoms with Gasteiger partial charge in [-0.1, -0.05) is 0 Å². The monoisotopic (exact) mass is 267 g/mol. The van der Waals surface area contributed by atoms with Crippen LogP contribution in [0.3, 0.4) is 0 Å². The molecule has 2 N–H and O–H groups in total. The largest absolute Gasteiger partial charge is 0.497 e. The number of alkyl halides is 3. The van der Waals surface area contributed by atoms with Gasteiger partial charge in [-0.15, -0.1) is 12.4 Å². The van der Waals surface area contributed by atoms with Crippen LogP contribution < -0.4 is 5.73 Å². The molecule has 0 bridgehead atoms. The van der Waals surface area contributed by atoms with Gasteiger partial charge in [-0.3, -0.25) is 0 Å². The Morgan fingerprint density at radius 2 is 1.80 bits per heavy atom. The molecule has 0 radical (unpaired) electrons. The molecule has 1 aliphatic rings. The number of nitrogens with two attached hydrogens (primary N) is 1. The summed E-state index contributed by atoms with van der Waals surface area (Å²) in [4.78, 5) is 0. The molecule has 0 unspecified atom stereocenters. The van der Waals surface area contributed by atoms with Crippen molar-refractivity contribution in [2.45, 2.75) is 30.8 Å². The van der Waals surface area contributed by atoms with Crippen LogP contribution in [0.2, 0.25) is 0 Å². The van der Waals surface area contributed by atoms with E-state index < -0.39 is 27.0 Å². The molecule has 1 aliphatic carbocycles. The summed E-state index contributed by atoms with van der Waals surface area (Å²) in [6.45, 7) is 0. The molecule has 15 heavy (non-hydrogen) atoms. The first-order valence-electron chi connectivity index (χ1n) is 4.27. The lowest BCUT2D eigenvalue weighted by molar-refractivity contribution is -0.0438. The highest BCUT2D eigenvalue weighted by atomic mass is 35.5. The highest BCUT2D eigenvalue weighted by Gasteiger charge is 2.46. The Morgan fingerprint density at radius 3 is 2.13 bits per heavy atom. The van der Waals surface area contributed by atoms with Crippen LogP contribution in [0, 0.1) is 5.92 Å². The van der Waals surface area contributed by atoms with Crippen LogP contribution in [-0.4, -0.2) is 25.7 Å². The predicted molar refractivity (Wildman–Crippen MR) is 52.4 cm³/mol. The standard InChI is InChI=1S/C7H12F3NO2S.ClH/c8-7(9,10)14(12,13)4-5-1-2-6(11)3-5;/h5-6H,1-4,11H2;1H/t5-,6+;/m0./s1. The van der Waals surface area contributed by atoms with Gasteiger partial charge in [0.25, 0.3) is 0 Å². The third-order valence-corrected chi connectivity index (χ3v) is 4.01. The molecule has 2 atom stereocenters. The van der Waals surface area contributed by atoms with Gasteiger partial charge in [0.2, 0.25) is 9.84 Å². The van der Waals surface area contributed by atoms with Crippen molar-refractivity contribution >= 4 is 22.2 Å². The fraction of sp³-hybridized carbons (Fsp3) is 1.00. The molecule has 0 heterocycles. The number of hydrogen-bond acceptors (Lipinski definition) is 3. The van der Waals surface area contributed by atoms with Gasteiger partial charge in [-0.05, 0) is 25.2 Å². The van der Waals surface area contributed by atoms with Crippen molar-refractivity contribution in [2.24, 2.45) is 11.7 Å². The highest BCUT2D eigenvalue weighted by molar-refractivity contribution is 7.92. The van der Waals surface area contributed by atoms with Gasteiger partial charge >= 0.3 is 5.51 Å². The number of hydrogen-bond donors (Lipinski definition) is 1. The van der Waals surface area contributed by atoms with Crippen LogP contribution in [0.1, 0.15) is 19.3 Å². The van der Waals surface area contributed by atoms with Crippen LogP contribution in [0.4, 0.5) is 13.2 Å². The Balaban J connectivity index is 0.00000196. The normalized spacial score (nSPS) is 27.5. The van der Waals surface area contributed by atoms with Crippen molar-refractivity contribution < 1.29 is 21.6 Å². The van der Waals surface area contributed by atoms with Gasteiger partial charge in [0.05, 0.1) is 5.75 Å².